The molecule has 2 aromatic rings. The molecule has 0 radical (unpaired) electrons. The number of rotatable bonds is 5. The Kier molecular flexibility index (Phi) is 3.82. The van der Waals surface area contributed by atoms with Crippen LogP contribution in [0.1, 0.15) is 18.0 Å². The van der Waals surface area contributed by atoms with E-state index in [1.54, 1.807) is 6.20 Å². The highest BCUT2D eigenvalue weighted by atomic mass is 16.4. The maximum atomic E-state index is 5.57. The molecule has 5 heteroatoms. The molecule has 0 atom stereocenters. The SMILES string of the molecule is CNCCCc1nnc(-c2ccc(C)nc2)o1. The first-order valence-electron chi connectivity index (χ1n) is 5.69. The average Bonchev–Trinajstić information content (AvgIpc) is 2.79. The van der Waals surface area contributed by atoms with Gasteiger partial charge in [0.2, 0.25) is 11.8 Å². The minimum Gasteiger partial charge on any atom is -0.421 e. The van der Waals surface area contributed by atoms with E-state index in [4.69, 9.17) is 4.42 Å². The van der Waals surface area contributed by atoms with Crippen molar-refractivity contribution in [2.45, 2.75) is 19.8 Å². The Morgan fingerprint density at radius 3 is 2.88 bits per heavy atom. The van der Waals surface area contributed by atoms with Gasteiger partial charge in [-0.15, -0.1) is 10.2 Å². The summed E-state index contributed by atoms with van der Waals surface area (Å²) in [5.41, 5.74) is 1.84. The molecule has 0 unspecified atom stereocenters. The van der Waals surface area contributed by atoms with Gasteiger partial charge < -0.3 is 9.73 Å². The molecule has 0 bridgehead atoms. The number of aryl methyl sites for hydroxylation is 2. The van der Waals surface area contributed by atoms with Crippen molar-refractivity contribution in [3.05, 3.63) is 29.9 Å². The van der Waals surface area contributed by atoms with Crippen LogP contribution in [0.25, 0.3) is 11.5 Å². The van der Waals surface area contributed by atoms with Crippen molar-refractivity contribution < 1.29 is 4.42 Å². The molecule has 0 amide bonds. The molecule has 0 spiro atoms. The second-order valence-electron chi connectivity index (χ2n) is 3.90. The largest absolute Gasteiger partial charge is 0.421 e. The van der Waals surface area contributed by atoms with Gasteiger partial charge in [-0.25, -0.2) is 0 Å². The van der Waals surface area contributed by atoms with Gasteiger partial charge in [0.15, 0.2) is 0 Å². The molecule has 0 saturated carbocycles. The highest BCUT2D eigenvalue weighted by molar-refractivity contribution is 5.50. The lowest BCUT2D eigenvalue weighted by atomic mass is 10.2. The van der Waals surface area contributed by atoms with Crippen LogP contribution >= 0.6 is 0 Å². The van der Waals surface area contributed by atoms with Crippen molar-refractivity contribution in [2.24, 2.45) is 0 Å². The molecule has 0 aliphatic carbocycles. The lowest BCUT2D eigenvalue weighted by molar-refractivity contribution is 0.494. The van der Waals surface area contributed by atoms with Crippen LogP contribution in [0, 0.1) is 6.92 Å². The molecule has 2 aromatic heterocycles. The number of nitrogens with one attached hydrogen (secondary N) is 1. The second-order valence-corrected chi connectivity index (χ2v) is 3.90. The number of hydrogen-bond acceptors (Lipinski definition) is 5. The zero-order chi connectivity index (χ0) is 12.1. The Labute approximate surface area is 100 Å². The summed E-state index contributed by atoms with van der Waals surface area (Å²) in [6, 6.07) is 3.87. The normalized spacial score (nSPS) is 10.7. The summed E-state index contributed by atoms with van der Waals surface area (Å²) in [7, 11) is 1.93. The minimum absolute atomic E-state index is 0.539. The Balaban J connectivity index is 2.04. The van der Waals surface area contributed by atoms with Crippen molar-refractivity contribution in [3.63, 3.8) is 0 Å². The van der Waals surface area contributed by atoms with E-state index in [0.717, 1.165) is 30.6 Å². The van der Waals surface area contributed by atoms with Crippen LogP contribution in [0.15, 0.2) is 22.7 Å². The van der Waals surface area contributed by atoms with E-state index in [1.807, 2.05) is 26.1 Å². The van der Waals surface area contributed by atoms with Crippen LogP contribution in [0.4, 0.5) is 0 Å². The molecule has 0 aromatic carbocycles. The lowest BCUT2D eigenvalue weighted by Crippen LogP contribution is -2.08. The molecule has 0 saturated heterocycles. The summed E-state index contributed by atoms with van der Waals surface area (Å²) in [5, 5.41) is 11.1. The van der Waals surface area contributed by atoms with Gasteiger partial charge in [0, 0.05) is 18.3 Å². The standard InChI is InChI=1S/C12H16N4O/c1-9-5-6-10(8-14-9)12-16-15-11(17-12)4-3-7-13-2/h5-6,8,13H,3-4,7H2,1-2H3. The summed E-state index contributed by atoms with van der Waals surface area (Å²) in [5.74, 6) is 1.22. The number of aromatic nitrogens is 3. The predicted molar refractivity (Wildman–Crippen MR) is 64.5 cm³/mol. The fourth-order valence-electron chi connectivity index (χ4n) is 1.48. The van der Waals surface area contributed by atoms with E-state index in [2.05, 4.69) is 20.5 Å². The first kappa shape index (κ1) is 11.7. The topological polar surface area (TPSA) is 63.8 Å². The highest BCUT2D eigenvalue weighted by Crippen LogP contribution is 2.17. The van der Waals surface area contributed by atoms with Gasteiger partial charge in [0.25, 0.3) is 0 Å². The van der Waals surface area contributed by atoms with E-state index in [1.165, 1.54) is 0 Å². The summed E-state index contributed by atoms with van der Waals surface area (Å²) < 4.78 is 5.57. The Bertz CT molecular complexity index is 464. The van der Waals surface area contributed by atoms with Crippen LogP contribution in [-0.2, 0) is 6.42 Å². The molecule has 1 N–H and O–H groups in total. The molecular formula is C12H16N4O. The highest BCUT2D eigenvalue weighted by Gasteiger charge is 2.08. The molecule has 5 nitrogen and oxygen atoms in total. The van der Waals surface area contributed by atoms with Gasteiger partial charge in [-0.3, -0.25) is 4.98 Å². The van der Waals surface area contributed by atoms with Gasteiger partial charge in [-0.1, -0.05) is 0 Å². The number of hydrogen-bond donors (Lipinski definition) is 1. The maximum absolute atomic E-state index is 5.57. The fraction of sp³-hybridized carbons (Fsp3) is 0.417. The van der Waals surface area contributed by atoms with E-state index >= 15 is 0 Å². The van der Waals surface area contributed by atoms with Gasteiger partial charge in [0.1, 0.15) is 0 Å². The third-order valence-electron chi connectivity index (χ3n) is 2.44. The molecule has 17 heavy (non-hydrogen) atoms. The quantitative estimate of drug-likeness (QED) is 0.793. The summed E-state index contributed by atoms with van der Waals surface area (Å²) in [6.45, 7) is 2.89. The Hall–Kier alpha value is -1.75. The molecule has 0 aliphatic rings. The summed E-state index contributed by atoms with van der Waals surface area (Å²) in [4.78, 5) is 4.20. The third kappa shape index (κ3) is 3.10. The molecule has 90 valence electrons. The monoisotopic (exact) mass is 232 g/mol. The van der Waals surface area contributed by atoms with Crippen LogP contribution in [-0.4, -0.2) is 28.8 Å². The first-order valence-corrected chi connectivity index (χ1v) is 5.69. The van der Waals surface area contributed by atoms with Crippen LogP contribution < -0.4 is 5.32 Å². The van der Waals surface area contributed by atoms with Crippen molar-refractivity contribution in [3.8, 4) is 11.5 Å². The van der Waals surface area contributed by atoms with E-state index in [-0.39, 0.29) is 0 Å². The molecule has 2 heterocycles. The average molecular weight is 232 g/mol. The first-order chi connectivity index (χ1) is 8.29. The van der Waals surface area contributed by atoms with Crippen LogP contribution in [0.3, 0.4) is 0 Å². The van der Waals surface area contributed by atoms with Crippen LogP contribution in [0.2, 0.25) is 0 Å². The van der Waals surface area contributed by atoms with Gasteiger partial charge in [-0.2, -0.15) is 0 Å². The van der Waals surface area contributed by atoms with E-state index in [0.29, 0.717) is 11.8 Å². The van der Waals surface area contributed by atoms with Gasteiger partial charge in [0.05, 0.1) is 5.56 Å². The second kappa shape index (κ2) is 5.54. The predicted octanol–water partition coefficient (Wildman–Crippen LogP) is 1.59. The van der Waals surface area contributed by atoms with Crippen molar-refractivity contribution >= 4 is 0 Å². The van der Waals surface area contributed by atoms with E-state index < -0.39 is 0 Å². The summed E-state index contributed by atoms with van der Waals surface area (Å²) in [6.07, 6.45) is 3.54. The van der Waals surface area contributed by atoms with Gasteiger partial charge in [-0.05, 0) is 39.1 Å². The molecular weight excluding hydrogens is 216 g/mol. The number of nitrogens with zero attached hydrogens (tertiary/aromatic N) is 3. The van der Waals surface area contributed by atoms with E-state index in [9.17, 15) is 0 Å². The zero-order valence-electron chi connectivity index (χ0n) is 10.1. The third-order valence-corrected chi connectivity index (χ3v) is 2.44. The zero-order valence-corrected chi connectivity index (χ0v) is 10.1. The van der Waals surface area contributed by atoms with Gasteiger partial charge >= 0.3 is 0 Å². The van der Waals surface area contributed by atoms with Crippen molar-refractivity contribution in [2.75, 3.05) is 13.6 Å². The maximum Gasteiger partial charge on any atom is 0.249 e. The van der Waals surface area contributed by atoms with Crippen molar-refractivity contribution in [1.29, 1.82) is 0 Å². The molecule has 0 aliphatic heterocycles. The van der Waals surface area contributed by atoms with Crippen LogP contribution in [0.5, 0.6) is 0 Å². The Morgan fingerprint density at radius 2 is 2.18 bits per heavy atom. The summed E-state index contributed by atoms with van der Waals surface area (Å²) >= 11 is 0. The smallest absolute Gasteiger partial charge is 0.249 e. The van der Waals surface area contributed by atoms with Crippen molar-refractivity contribution in [1.82, 2.24) is 20.5 Å². The molecule has 0 fully saturated rings. The molecule has 2 rings (SSSR count). The fourth-order valence-corrected chi connectivity index (χ4v) is 1.48. The lowest BCUT2D eigenvalue weighted by Gasteiger charge is -1.95. The Morgan fingerprint density at radius 1 is 1.29 bits per heavy atom. The minimum atomic E-state index is 0.539. The number of pyridine rings is 1.